The predicted molar refractivity (Wildman–Crippen MR) is 191 cm³/mol. The Morgan fingerprint density at radius 1 is 0.857 bits per heavy atom. The molecule has 49 heavy (non-hydrogen) atoms. The maximum atomic E-state index is 15.2. The minimum Gasteiger partial charge on any atom is -0.446 e. The van der Waals surface area contributed by atoms with E-state index in [2.05, 4.69) is 15.1 Å². The molecule has 0 unspecified atom stereocenters. The summed E-state index contributed by atoms with van der Waals surface area (Å²) in [5.74, 6) is -0.555. The first-order chi connectivity index (χ1) is 23.7. The SMILES string of the molecule is CCN(CC)C(=O)C1CCN(Cc2ccc(C(=O)N(C)CCN3CCC(OC(=O)Nc4ccccc4-c4ccccc4)CC3)c(F)c2)CC1. The van der Waals surface area contributed by atoms with E-state index >= 15 is 4.39 Å². The number of benzene rings is 3. The summed E-state index contributed by atoms with van der Waals surface area (Å²) in [6.45, 7) is 10.3. The lowest BCUT2D eigenvalue weighted by Gasteiger charge is -2.33. The number of halogens is 1. The van der Waals surface area contributed by atoms with Crippen molar-refractivity contribution in [3.8, 4) is 11.1 Å². The van der Waals surface area contributed by atoms with Gasteiger partial charge in [0, 0.05) is 64.3 Å². The van der Waals surface area contributed by atoms with Gasteiger partial charge in [-0.1, -0.05) is 54.6 Å². The molecule has 2 saturated heterocycles. The molecule has 0 aliphatic carbocycles. The molecule has 5 rings (SSSR count). The van der Waals surface area contributed by atoms with Crippen molar-refractivity contribution in [3.05, 3.63) is 89.7 Å². The van der Waals surface area contributed by atoms with E-state index in [0.717, 1.165) is 68.8 Å². The molecule has 10 heteroatoms. The van der Waals surface area contributed by atoms with Gasteiger partial charge in [-0.05, 0) is 81.9 Å². The number of rotatable bonds is 12. The Labute approximate surface area is 290 Å². The highest BCUT2D eigenvalue weighted by Gasteiger charge is 2.28. The molecule has 1 N–H and O–H groups in total. The minimum absolute atomic E-state index is 0.0590. The van der Waals surface area contributed by atoms with E-state index in [9.17, 15) is 14.4 Å². The second-order valence-corrected chi connectivity index (χ2v) is 13.1. The second-order valence-electron chi connectivity index (χ2n) is 13.1. The zero-order chi connectivity index (χ0) is 34.8. The number of likely N-dealkylation sites (N-methyl/N-ethyl adjacent to an activating group) is 1. The highest BCUT2D eigenvalue weighted by atomic mass is 19.1. The third-order valence-electron chi connectivity index (χ3n) is 9.84. The average molecular weight is 672 g/mol. The normalized spacial score (nSPS) is 16.2. The molecule has 2 aliphatic rings. The van der Waals surface area contributed by atoms with Gasteiger partial charge in [-0.3, -0.25) is 19.8 Å². The summed E-state index contributed by atoms with van der Waals surface area (Å²) in [5.41, 5.74) is 3.55. The smallest absolute Gasteiger partial charge is 0.411 e. The first-order valence-corrected chi connectivity index (χ1v) is 17.6. The number of nitrogens with one attached hydrogen (secondary N) is 1. The van der Waals surface area contributed by atoms with Gasteiger partial charge in [0.1, 0.15) is 11.9 Å². The molecular formula is C39H50FN5O4. The second kappa shape index (κ2) is 17.4. The van der Waals surface area contributed by atoms with Crippen LogP contribution in [0.1, 0.15) is 55.5 Å². The van der Waals surface area contributed by atoms with Crippen LogP contribution in [0.5, 0.6) is 0 Å². The van der Waals surface area contributed by atoms with Crippen molar-refractivity contribution in [2.24, 2.45) is 5.92 Å². The van der Waals surface area contributed by atoms with Gasteiger partial charge >= 0.3 is 6.09 Å². The van der Waals surface area contributed by atoms with Crippen LogP contribution in [0.25, 0.3) is 11.1 Å². The summed E-state index contributed by atoms with van der Waals surface area (Å²) in [7, 11) is 1.70. The zero-order valence-corrected chi connectivity index (χ0v) is 29.1. The molecule has 0 spiro atoms. The van der Waals surface area contributed by atoms with Crippen molar-refractivity contribution in [2.75, 3.05) is 64.7 Å². The van der Waals surface area contributed by atoms with Crippen LogP contribution in [0, 0.1) is 11.7 Å². The summed E-state index contributed by atoms with van der Waals surface area (Å²) in [5, 5.41) is 2.91. The van der Waals surface area contributed by atoms with Gasteiger partial charge in [-0.15, -0.1) is 0 Å². The summed E-state index contributed by atoms with van der Waals surface area (Å²) in [6.07, 6.45) is 2.37. The first-order valence-electron chi connectivity index (χ1n) is 17.6. The number of amides is 3. The number of hydrogen-bond acceptors (Lipinski definition) is 6. The monoisotopic (exact) mass is 671 g/mol. The van der Waals surface area contributed by atoms with Crippen LogP contribution in [0.15, 0.2) is 72.8 Å². The highest BCUT2D eigenvalue weighted by molar-refractivity contribution is 5.94. The van der Waals surface area contributed by atoms with Crippen molar-refractivity contribution in [1.82, 2.24) is 19.6 Å². The molecular weight excluding hydrogens is 621 g/mol. The Balaban J connectivity index is 1.02. The van der Waals surface area contributed by atoms with E-state index in [0.29, 0.717) is 38.2 Å². The zero-order valence-electron chi connectivity index (χ0n) is 29.1. The topological polar surface area (TPSA) is 85.4 Å². The third kappa shape index (κ3) is 9.67. The van der Waals surface area contributed by atoms with Crippen LogP contribution in [0.4, 0.5) is 14.9 Å². The number of carbonyl (C=O) groups excluding carboxylic acids is 3. The number of nitrogens with zero attached hydrogens (tertiary/aromatic N) is 4. The third-order valence-corrected chi connectivity index (χ3v) is 9.84. The van der Waals surface area contributed by atoms with Crippen molar-refractivity contribution in [2.45, 2.75) is 52.2 Å². The lowest BCUT2D eigenvalue weighted by Crippen LogP contribution is -2.42. The van der Waals surface area contributed by atoms with Gasteiger partial charge < -0.3 is 19.4 Å². The summed E-state index contributed by atoms with van der Waals surface area (Å²) in [6, 6.07) is 22.5. The van der Waals surface area contributed by atoms with Crippen LogP contribution in [-0.2, 0) is 16.1 Å². The maximum absolute atomic E-state index is 15.2. The summed E-state index contributed by atoms with van der Waals surface area (Å²) >= 11 is 0. The number of piperidine rings is 2. The van der Waals surface area contributed by atoms with Crippen LogP contribution >= 0.6 is 0 Å². The number of ether oxygens (including phenoxy) is 1. The molecule has 0 atom stereocenters. The summed E-state index contributed by atoms with van der Waals surface area (Å²) < 4.78 is 20.9. The largest absolute Gasteiger partial charge is 0.446 e. The molecule has 2 heterocycles. The van der Waals surface area contributed by atoms with Crippen molar-refractivity contribution < 1.29 is 23.5 Å². The number of anilines is 1. The number of carbonyl (C=O) groups is 3. The number of likely N-dealkylation sites (tertiary alicyclic amines) is 2. The fourth-order valence-corrected chi connectivity index (χ4v) is 6.82. The van der Waals surface area contributed by atoms with E-state index in [1.807, 2.05) is 79.4 Å². The van der Waals surface area contributed by atoms with Crippen molar-refractivity contribution >= 4 is 23.6 Å². The standard InChI is InChI=1S/C39H50FN5O4/c1-4-45(5-2)37(46)31-17-21-44(22-18-31)28-29-15-16-34(35(40)27-29)38(47)42(3)25-26-43-23-19-32(20-24-43)49-39(48)41-36-14-10-9-13-33(36)30-11-7-6-8-12-30/h6-16,27,31-32H,4-5,17-26,28H2,1-3H3,(H,41,48). The predicted octanol–water partition coefficient (Wildman–Crippen LogP) is 6.36. The van der Waals surface area contributed by atoms with Gasteiger partial charge in [0.05, 0.1) is 11.3 Å². The summed E-state index contributed by atoms with van der Waals surface area (Å²) in [4.78, 5) is 46.6. The maximum Gasteiger partial charge on any atom is 0.411 e. The van der Waals surface area contributed by atoms with E-state index in [1.54, 1.807) is 18.0 Å². The number of para-hydroxylation sites is 1. The van der Waals surface area contributed by atoms with E-state index < -0.39 is 11.9 Å². The van der Waals surface area contributed by atoms with Crippen LogP contribution in [0.2, 0.25) is 0 Å². The first kappa shape index (κ1) is 36.0. The lowest BCUT2D eigenvalue weighted by atomic mass is 9.94. The Morgan fingerprint density at radius 3 is 2.18 bits per heavy atom. The average Bonchev–Trinajstić information content (AvgIpc) is 3.12. The Kier molecular flexibility index (Phi) is 12.8. The Hall–Kier alpha value is -4.28. The van der Waals surface area contributed by atoms with E-state index in [4.69, 9.17) is 4.74 Å². The molecule has 262 valence electrons. The van der Waals surface area contributed by atoms with E-state index in [1.165, 1.54) is 6.07 Å². The molecule has 3 aromatic carbocycles. The van der Waals surface area contributed by atoms with Crippen molar-refractivity contribution in [3.63, 3.8) is 0 Å². The highest BCUT2D eigenvalue weighted by Crippen LogP contribution is 2.28. The van der Waals surface area contributed by atoms with E-state index in [-0.39, 0.29) is 29.4 Å². The van der Waals surface area contributed by atoms with Gasteiger partial charge in [0.15, 0.2) is 0 Å². The van der Waals surface area contributed by atoms with Crippen LogP contribution in [-0.4, -0.2) is 103 Å². The van der Waals surface area contributed by atoms with Gasteiger partial charge in [0.25, 0.3) is 5.91 Å². The minimum atomic E-state index is -0.511. The quantitative estimate of drug-likeness (QED) is 0.241. The molecule has 0 aromatic heterocycles. The van der Waals surface area contributed by atoms with Gasteiger partial charge in [-0.2, -0.15) is 0 Å². The Bertz CT molecular complexity index is 1550. The fourth-order valence-electron chi connectivity index (χ4n) is 6.82. The van der Waals surface area contributed by atoms with Gasteiger partial charge in [0.2, 0.25) is 5.91 Å². The van der Waals surface area contributed by atoms with Crippen LogP contribution < -0.4 is 5.32 Å². The molecule has 3 amide bonds. The fraction of sp³-hybridized carbons (Fsp3) is 0.462. The lowest BCUT2D eigenvalue weighted by molar-refractivity contribution is -0.136. The van der Waals surface area contributed by atoms with Gasteiger partial charge in [-0.25, -0.2) is 9.18 Å². The Morgan fingerprint density at radius 2 is 1.51 bits per heavy atom. The number of hydrogen-bond donors (Lipinski definition) is 1. The van der Waals surface area contributed by atoms with Crippen molar-refractivity contribution in [1.29, 1.82) is 0 Å². The van der Waals surface area contributed by atoms with Crippen LogP contribution in [0.3, 0.4) is 0 Å². The molecule has 0 saturated carbocycles. The molecule has 2 fully saturated rings. The molecule has 0 radical (unpaired) electrons. The molecule has 3 aromatic rings. The molecule has 0 bridgehead atoms. The molecule has 2 aliphatic heterocycles. The molecule has 9 nitrogen and oxygen atoms in total.